The Kier molecular flexibility index (Phi) is 6.38. The van der Waals surface area contributed by atoms with Gasteiger partial charge < -0.3 is 15.4 Å². The Bertz CT molecular complexity index is 406. The summed E-state index contributed by atoms with van der Waals surface area (Å²) in [6, 6.07) is 7.14. The number of ether oxygens (including phenoxy) is 1. The number of nitrogens with one attached hydrogen (secondary N) is 2. The van der Waals surface area contributed by atoms with Crippen LogP contribution in [-0.4, -0.2) is 32.1 Å². The quantitative estimate of drug-likeness (QED) is 0.618. The minimum absolute atomic E-state index is 0.195. The molecule has 5 nitrogen and oxygen atoms in total. The van der Waals surface area contributed by atoms with E-state index in [1.165, 1.54) is 0 Å². The third kappa shape index (κ3) is 5.79. The van der Waals surface area contributed by atoms with Crippen LogP contribution in [0.1, 0.15) is 6.42 Å². The Hall–Kier alpha value is -1.40. The van der Waals surface area contributed by atoms with Crippen LogP contribution in [0.5, 0.6) is 0 Å². The second-order valence-corrected chi connectivity index (χ2v) is 4.49. The Balaban J connectivity index is 2.32. The van der Waals surface area contributed by atoms with Crippen LogP contribution in [0.2, 0.25) is 0 Å². The minimum Gasteiger partial charge on any atom is -0.383 e. The summed E-state index contributed by atoms with van der Waals surface area (Å²) in [6.07, 6.45) is -0.195. The molecule has 0 aliphatic rings. The molecule has 0 atom stereocenters. The van der Waals surface area contributed by atoms with E-state index < -0.39 is 0 Å². The zero-order valence-electron chi connectivity index (χ0n) is 10.0. The van der Waals surface area contributed by atoms with Gasteiger partial charge in [-0.25, -0.2) is 0 Å². The van der Waals surface area contributed by atoms with E-state index >= 15 is 0 Å². The first-order valence-corrected chi connectivity index (χ1v) is 6.22. The fourth-order valence-electron chi connectivity index (χ4n) is 1.24. The maximum Gasteiger partial charge on any atom is 0.233 e. The number of amides is 2. The average molecular weight is 315 g/mol. The molecule has 6 heteroatoms. The number of carbonyl (C=O) groups excluding carboxylic acids is 2. The molecule has 98 valence electrons. The highest BCUT2D eigenvalue weighted by Gasteiger charge is 2.08. The molecule has 0 fully saturated rings. The van der Waals surface area contributed by atoms with E-state index in [4.69, 9.17) is 4.74 Å². The minimum atomic E-state index is -0.341. The fraction of sp³-hybridized carbons (Fsp3) is 0.333. The Morgan fingerprint density at radius 1 is 1.22 bits per heavy atom. The summed E-state index contributed by atoms with van der Waals surface area (Å²) < 4.78 is 5.71. The molecule has 0 saturated heterocycles. The zero-order chi connectivity index (χ0) is 13.4. The van der Waals surface area contributed by atoms with Crippen LogP contribution in [0.25, 0.3) is 0 Å². The van der Waals surface area contributed by atoms with Crippen molar-refractivity contribution in [3.05, 3.63) is 28.7 Å². The van der Waals surface area contributed by atoms with Crippen molar-refractivity contribution in [3.8, 4) is 0 Å². The molecule has 2 N–H and O–H groups in total. The number of carbonyl (C=O) groups is 2. The van der Waals surface area contributed by atoms with Gasteiger partial charge in [0, 0.05) is 23.8 Å². The van der Waals surface area contributed by atoms with Crippen LogP contribution in [0.4, 0.5) is 5.69 Å². The van der Waals surface area contributed by atoms with Gasteiger partial charge in [0.25, 0.3) is 0 Å². The van der Waals surface area contributed by atoms with Crippen molar-refractivity contribution in [2.45, 2.75) is 6.42 Å². The lowest BCUT2D eigenvalue weighted by Gasteiger charge is -2.06. The summed E-state index contributed by atoms with van der Waals surface area (Å²) in [6.45, 7) is 0.834. The second kappa shape index (κ2) is 7.84. The first-order valence-electron chi connectivity index (χ1n) is 5.43. The molecule has 1 aromatic carbocycles. The fourth-order valence-corrected chi connectivity index (χ4v) is 1.50. The molecule has 1 rings (SSSR count). The van der Waals surface area contributed by atoms with Crippen molar-refractivity contribution in [3.63, 3.8) is 0 Å². The molecule has 0 spiro atoms. The summed E-state index contributed by atoms with van der Waals surface area (Å²) in [5.41, 5.74) is 0.660. The van der Waals surface area contributed by atoms with E-state index in [-0.39, 0.29) is 18.2 Å². The normalized spacial score (nSPS) is 9.89. The van der Waals surface area contributed by atoms with Crippen molar-refractivity contribution >= 4 is 33.4 Å². The number of rotatable bonds is 6. The summed E-state index contributed by atoms with van der Waals surface area (Å²) in [7, 11) is 1.55. The summed E-state index contributed by atoms with van der Waals surface area (Å²) in [5.74, 6) is -0.658. The molecule has 1 aromatic rings. The van der Waals surface area contributed by atoms with Crippen LogP contribution < -0.4 is 10.6 Å². The van der Waals surface area contributed by atoms with Crippen LogP contribution in [0, 0.1) is 0 Å². The van der Waals surface area contributed by atoms with Gasteiger partial charge in [-0.15, -0.1) is 0 Å². The number of anilines is 1. The second-order valence-electron chi connectivity index (χ2n) is 3.57. The van der Waals surface area contributed by atoms with Crippen molar-refractivity contribution in [2.24, 2.45) is 0 Å². The lowest BCUT2D eigenvalue weighted by Crippen LogP contribution is -2.30. The van der Waals surface area contributed by atoms with Gasteiger partial charge in [-0.3, -0.25) is 9.59 Å². The molecule has 0 saturated carbocycles. The Morgan fingerprint density at radius 3 is 2.50 bits per heavy atom. The highest BCUT2D eigenvalue weighted by atomic mass is 79.9. The molecule has 0 aliphatic heterocycles. The summed E-state index contributed by atoms with van der Waals surface area (Å²) in [5, 5.41) is 5.22. The predicted octanol–water partition coefficient (Wildman–Crippen LogP) is 1.54. The largest absolute Gasteiger partial charge is 0.383 e. The van der Waals surface area contributed by atoms with Crippen LogP contribution >= 0.6 is 15.9 Å². The molecule has 0 aliphatic carbocycles. The summed E-state index contributed by atoms with van der Waals surface area (Å²) in [4.78, 5) is 22.9. The maximum absolute atomic E-state index is 11.5. The van der Waals surface area contributed by atoms with Gasteiger partial charge in [0.1, 0.15) is 6.42 Å². The molecule has 18 heavy (non-hydrogen) atoms. The molecule has 0 radical (unpaired) electrons. The van der Waals surface area contributed by atoms with E-state index in [1.807, 2.05) is 12.1 Å². The van der Waals surface area contributed by atoms with Crippen molar-refractivity contribution < 1.29 is 14.3 Å². The van der Waals surface area contributed by atoms with Crippen LogP contribution in [0.15, 0.2) is 28.7 Å². The van der Waals surface area contributed by atoms with E-state index in [9.17, 15) is 9.59 Å². The first-order chi connectivity index (χ1) is 8.61. The van der Waals surface area contributed by atoms with Gasteiger partial charge in [0.2, 0.25) is 11.8 Å². The van der Waals surface area contributed by atoms with Crippen LogP contribution in [0.3, 0.4) is 0 Å². The zero-order valence-corrected chi connectivity index (χ0v) is 11.6. The smallest absolute Gasteiger partial charge is 0.233 e. The number of halogens is 1. The summed E-state index contributed by atoms with van der Waals surface area (Å²) >= 11 is 3.30. The number of benzene rings is 1. The number of methoxy groups -OCH3 is 1. The third-order valence-electron chi connectivity index (χ3n) is 2.08. The standard InChI is InChI=1S/C12H15BrN2O3/c1-18-7-6-14-11(16)8-12(17)15-10-4-2-9(13)3-5-10/h2-5H,6-8H2,1H3,(H,14,16)(H,15,17). The average Bonchev–Trinajstić information content (AvgIpc) is 2.32. The van der Waals surface area contributed by atoms with E-state index in [1.54, 1.807) is 19.2 Å². The van der Waals surface area contributed by atoms with Crippen molar-refractivity contribution in [2.75, 3.05) is 25.6 Å². The third-order valence-corrected chi connectivity index (χ3v) is 2.61. The number of hydrogen-bond acceptors (Lipinski definition) is 3. The van der Waals surface area contributed by atoms with Gasteiger partial charge in [-0.05, 0) is 24.3 Å². The van der Waals surface area contributed by atoms with Crippen molar-refractivity contribution in [1.82, 2.24) is 5.32 Å². The first kappa shape index (κ1) is 14.7. The van der Waals surface area contributed by atoms with E-state index in [0.29, 0.717) is 18.8 Å². The van der Waals surface area contributed by atoms with E-state index in [0.717, 1.165) is 4.47 Å². The van der Waals surface area contributed by atoms with Gasteiger partial charge in [-0.1, -0.05) is 15.9 Å². The Morgan fingerprint density at radius 2 is 1.89 bits per heavy atom. The molecule has 0 bridgehead atoms. The lowest BCUT2D eigenvalue weighted by molar-refractivity contribution is -0.126. The molecule has 0 heterocycles. The van der Waals surface area contributed by atoms with Crippen molar-refractivity contribution in [1.29, 1.82) is 0 Å². The van der Waals surface area contributed by atoms with Gasteiger partial charge in [-0.2, -0.15) is 0 Å². The molecule has 0 unspecified atom stereocenters. The topological polar surface area (TPSA) is 67.4 Å². The van der Waals surface area contributed by atoms with Gasteiger partial charge in [0.15, 0.2) is 0 Å². The predicted molar refractivity (Wildman–Crippen MR) is 72.3 cm³/mol. The molecular weight excluding hydrogens is 300 g/mol. The monoisotopic (exact) mass is 314 g/mol. The Labute approximate surface area is 114 Å². The molecule has 0 aromatic heterocycles. The highest BCUT2D eigenvalue weighted by molar-refractivity contribution is 9.10. The molecule has 2 amide bonds. The SMILES string of the molecule is COCCNC(=O)CC(=O)Nc1ccc(Br)cc1. The lowest BCUT2D eigenvalue weighted by atomic mass is 10.3. The maximum atomic E-state index is 11.5. The van der Waals surface area contributed by atoms with Gasteiger partial charge >= 0.3 is 0 Å². The van der Waals surface area contributed by atoms with Gasteiger partial charge in [0.05, 0.1) is 6.61 Å². The molecular formula is C12H15BrN2O3. The number of hydrogen-bond donors (Lipinski definition) is 2. The van der Waals surface area contributed by atoms with E-state index in [2.05, 4.69) is 26.6 Å². The highest BCUT2D eigenvalue weighted by Crippen LogP contribution is 2.14. The van der Waals surface area contributed by atoms with Crippen LogP contribution in [-0.2, 0) is 14.3 Å².